The molecule has 0 heterocycles. The van der Waals surface area contributed by atoms with Gasteiger partial charge in [0.2, 0.25) is 0 Å². The van der Waals surface area contributed by atoms with Gasteiger partial charge in [-0.1, -0.05) is 12.2 Å². The van der Waals surface area contributed by atoms with Crippen LogP contribution in [0.4, 0.5) is 5.69 Å². The summed E-state index contributed by atoms with van der Waals surface area (Å²) in [6, 6.07) is 6.03. The molecule has 0 amide bonds. The monoisotopic (exact) mass is 215 g/mol. The number of hydrogen-bond acceptors (Lipinski definition) is 2. The van der Waals surface area contributed by atoms with Crippen LogP contribution in [0.25, 0.3) is 6.08 Å². The maximum absolute atomic E-state index is 11.9. The fourth-order valence-corrected chi connectivity index (χ4v) is 1.95. The second kappa shape index (κ2) is 4.52. The lowest BCUT2D eigenvalue weighted by molar-refractivity contribution is 0.0980. The molecule has 0 unspecified atom stereocenters. The molecule has 0 atom stereocenters. The normalized spacial score (nSPS) is 15.2. The van der Waals surface area contributed by atoms with E-state index in [1.54, 1.807) is 0 Å². The lowest BCUT2D eigenvalue weighted by Crippen LogP contribution is -2.10. The number of hydrogen-bond donors (Lipinski definition) is 0. The van der Waals surface area contributed by atoms with Gasteiger partial charge >= 0.3 is 0 Å². The summed E-state index contributed by atoms with van der Waals surface area (Å²) in [6.45, 7) is 0. The van der Waals surface area contributed by atoms with Crippen LogP contribution in [0.15, 0.2) is 24.3 Å². The van der Waals surface area contributed by atoms with Crippen LogP contribution in [0.2, 0.25) is 0 Å². The number of fused-ring (bicyclic) bond motifs is 1. The summed E-state index contributed by atoms with van der Waals surface area (Å²) < 4.78 is 0. The average Bonchev–Trinajstić information content (AvgIpc) is 2.25. The highest BCUT2D eigenvalue weighted by Crippen LogP contribution is 2.23. The third-order valence-corrected chi connectivity index (χ3v) is 2.92. The highest BCUT2D eigenvalue weighted by atomic mass is 16.1. The maximum atomic E-state index is 11.9. The number of nitrogens with zero attached hydrogens (tertiary/aromatic N) is 1. The van der Waals surface area contributed by atoms with Crippen LogP contribution >= 0.6 is 0 Å². The molecule has 1 aromatic rings. The van der Waals surface area contributed by atoms with Gasteiger partial charge in [-0.15, -0.1) is 0 Å². The first-order valence-corrected chi connectivity index (χ1v) is 5.69. The number of ketones is 1. The average molecular weight is 215 g/mol. The van der Waals surface area contributed by atoms with Crippen LogP contribution in [0.3, 0.4) is 0 Å². The van der Waals surface area contributed by atoms with Crippen molar-refractivity contribution < 1.29 is 4.79 Å². The summed E-state index contributed by atoms with van der Waals surface area (Å²) >= 11 is 0. The van der Waals surface area contributed by atoms with Crippen molar-refractivity contribution in [2.75, 3.05) is 19.0 Å². The molecule has 2 rings (SSSR count). The quantitative estimate of drug-likeness (QED) is 0.717. The fourth-order valence-electron chi connectivity index (χ4n) is 1.95. The lowest BCUT2D eigenvalue weighted by Gasteiger charge is -2.15. The molecule has 0 bridgehead atoms. The van der Waals surface area contributed by atoms with Crippen molar-refractivity contribution in [3.63, 3.8) is 0 Å². The molecule has 0 aromatic heterocycles. The summed E-state index contributed by atoms with van der Waals surface area (Å²) in [5.74, 6) is 0.268. The lowest BCUT2D eigenvalue weighted by atomic mass is 9.96. The van der Waals surface area contributed by atoms with E-state index in [-0.39, 0.29) is 5.78 Å². The zero-order valence-corrected chi connectivity index (χ0v) is 9.86. The maximum Gasteiger partial charge on any atom is 0.163 e. The number of allylic oxidation sites excluding steroid dienone is 1. The van der Waals surface area contributed by atoms with Gasteiger partial charge in [-0.25, -0.2) is 0 Å². The minimum atomic E-state index is 0.268. The van der Waals surface area contributed by atoms with E-state index in [0.717, 1.165) is 29.7 Å². The van der Waals surface area contributed by atoms with Crippen molar-refractivity contribution in [1.82, 2.24) is 0 Å². The van der Waals surface area contributed by atoms with Gasteiger partial charge in [-0.05, 0) is 36.6 Å². The van der Waals surface area contributed by atoms with Crippen LogP contribution in [0.5, 0.6) is 0 Å². The van der Waals surface area contributed by atoms with Crippen molar-refractivity contribution in [1.29, 1.82) is 0 Å². The molecular formula is C14H17NO. The Hall–Kier alpha value is -1.57. The largest absolute Gasteiger partial charge is 0.378 e. The van der Waals surface area contributed by atoms with E-state index in [1.807, 2.05) is 26.2 Å². The zero-order valence-electron chi connectivity index (χ0n) is 9.86. The summed E-state index contributed by atoms with van der Waals surface area (Å²) in [7, 11) is 4.02. The SMILES string of the molecule is CN(C)c1ccc2c(c1)C=CCCCC2=O. The van der Waals surface area contributed by atoms with Gasteiger partial charge in [0.05, 0.1) is 0 Å². The Morgan fingerprint density at radius 2 is 2.06 bits per heavy atom. The Morgan fingerprint density at radius 1 is 1.25 bits per heavy atom. The highest BCUT2D eigenvalue weighted by Gasteiger charge is 2.12. The zero-order chi connectivity index (χ0) is 11.5. The Morgan fingerprint density at radius 3 is 2.81 bits per heavy atom. The van der Waals surface area contributed by atoms with E-state index in [1.165, 1.54) is 0 Å². The molecule has 0 saturated carbocycles. The molecule has 0 saturated heterocycles. The van der Waals surface area contributed by atoms with E-state index in [2.05, 4.69) is 23.1 Å². The van der Waals surface area contributed by atoms with Crippen LogP contribution < -0.4 is 4.90 Å². The van der Waals surface area contributed by atoms with E-state index >= 15 is 0 Å². The first kappa shape index (κ1) is 10.9. The van der Waals surface area contributed by atoms with Crippen molar-refractivity contribution in [3.05, 3.63) is 35.4 Å². The number of Topliss-reactive ketones (excluding diaryl/α,β-unsaturated/α-hetero) is 1. The first-order valence-electron chi connectivity index (χ1n) is 5.69. The fraction of sp³-hybridized carbons (Fsp3) is 0.357. The van der Waals surface area contributed by atoms with E-state index in [9.17, 15) is 4.79 Å². The minimum absolute atomic E-state index is 0.268. The standard InChI is InChI=1S/C14H17NO/c1-15(2)12-8-9-13-11(10-12)6-4-3-5-7-14(13)16/h4,6,8-10H,3,5,7H2,1-2H3. The second-order valence-electron chi connectivity index (χ2n) is 4.38. The minimum Gasteiger partial charge on any atom is -0.378 e. The van der Waals surface area contributed by atoms with Crippen LogP contribution in [0.1, 0.15) is 35.2 Å². The van der Waals surface area contributed by atoms with Crippen LogP contribution in [-0.4, -0.2) is 19.9 Å². The molecule has 84 valence electrons. The Kier molecular flexibility index (Phi) is 3.09. The Balaban J connectivity index is 2.47. The predicted molar refractivity (Wildman–Crippen MR) is 68.0 cm³/mol. The summed E-state index contributed by atoms with van der Waals surface area (Å²) in [5, 5.41) is 0. The molecule has 0 N–H and O–H groups in total. The van der Waals surface area contributed by atoms with Crippen molar-refractivity contribution in [3.8, 4) is 0 Å². The van der Waals surface area contributed by atoms with Gasteiger partial charge < -0.3 is 4.90 Å². The summed E-state index contributed by atoms with van der Waals surface area (Å²) in [5.41, 5.74) is 3.05. The Labute approximate surface area is 96.6 Å². The third-order valence-electron chi connectivity index (χ3n) is 2.92. The van der Waals surface area contributed by atoms with Crippen LogP contribution in [0, 0.1) is 0 Å². The predicted octanol–water partition coefficient (Wildman–Crippen LogP) is 3.13. The molecule has 0 spiro atoms. The van der Waals surface area contributed by atoms with E-state index < -0.39 is 0 Å². The topological polar surface area (TPSA) is 20.3 Å². The van der Waals surface area contributed by atoms with Gasteiger partial charge in [0, 0.05) is 31.8 Å². The van der Waals surface area contributed by atoms with E-state index in [0.29, 0.717) is 6.42 Å². The number of rotatable bonds is 1. The highest BCUT2D eigenvalue weighted by molar-refractivity contribution is 6.00. The van der Waals surface area contributed by atoms with Crippen molar-refractivity contribution in [2.45, 2.75) is 19.3 Å². The molecule has 1 aliphatic carbocycles. The van der Waals surface area contributed by atoms with Gasteiger partial charge in [0.1, 0.15) is 0 Å². The second-order valence-corrected chi connectivity index (χ2v) is 4.38. The molecule has 1 aliphatic rings. The molecule has 0 radical (unpaired) electrons. The molecule has 0 aliphatic heterocycles. The molecule has 16 heavy (non-hydrogen) atoms. The molecule has 1 aromatic carbocycles. The van der Waals surface area contributed by atoms with Crippen molar-refractivity contribution in [2.24, 2.45) is 0 Å². The van der Waals surface area contributed by atoms with Gasteiger partial charge in [0.25, 0.3) is 0 Å². The molecular weight excluding hydrogens is 198 g/mol. The molecule has 0 fully saturated rings. The first-order chi connectivity index (χ1) is 7.68. The summed E-state index contributed by atoms with van der Waals surface area (Å²) in [6.07, 6.45) is 6.85. The summed E-state index contributed by atoms with van der Waals surface area (Å²) in [4.78, 5) is 13.9. The Bertz CT molecular complexity index is 432. The van der Waals surface area contributed by atoms with Gasteiger partial charge in [0.15, 0.2) is 5.78 Å². The third kappa shape index (κ3) is 2.16. The van der Waals surface area contributed by atoms with Crippen LogP contribution in [-0.2, 0) is 0 Å². The van der Waals surface area contributed by atoms with E-state index in [4.69, 9.17) is 0 Å². The number of carbonyl (C=O) groups is 1. The van der Waals surface area contributed by atoms with Gasteiger partial charge in [-0.3, -0.25) is 4.79 Å². The molecule has 2 nitrogen and oxygen atoms in total. The van der Waals surface area contributed by atoms with Crippen molar-refractivity contribution >= 4 is 17.5 Å². The number of benzene rings is 1. The number of anilines is 1. The smallest absolute Gasteiger partial charge is 0.163 e. The number of carbonyl (C=O) groups excluding carboxylic acids is 1. The van der Waals surface area contributed by atoms with Gasteiger partial charge in [-0.2, -0.15) is 0 Å². The molecule has 2 heteroatoms.